The zero-order valence-corrected chi connectivity index (χ0v) is 13.6. The predicted molar refractivity (Wildman–Crippen MR) is 94.2 cm³/mol. The number of hydrogen-bond donors (Lipinski definition) is 1. The fraction of sp³-hybridized carbons (Fsp3) is 0. The van der Waals surface area contributed by atoms with Crippen LogP contribution in [0.15, 0.2) is 82.7 Å². The largest absolute Gasteiger partial charge is 0.306 e. The van der Waals surface area contributed by atoms with Crippen LogP contribution in [-0.2, 0) is 0 Å². The molecule has 0 atom stereocenters. The number of carbonyl (C=O) groups excluding carboxylic acids is 1. The van der Waals surface area contributed by atoms with Crippen molar-refractivity contribution in [3.05, 3.63) is 83.4 Å². The van der Waals surface area contributed by atoms with E-state index in [9.17, 15) is 4.79 Å². The van der Waals surface area contributed by atoms with Crippen LogP contribution in [0.25, 0.3) is 0 Å². The minimum Gasteiger partial charge on any atom is -0.306 e. The van der Waals surface area contributed by atoms with Gasteiger partial charge in [-0.2, -0.15) is 0 Å². The van der Waals surface area contributed by atoms with Gasteiger partial charge < -0.3 is 5.32 Å². The van der Waals surface area contributed by atoms with Gasteiger partial charge in [-0.25, -0.2) is 4.98 Å². The summed E-state index contributed by atoms with van der Waals surface area (Å²) in [4.78, 5) is 17.8. The summed E-state index contributed by atoms with van der Waals surface area (Å²) in [6.07, 6.45) is 0. The van der Waals surface area contributed by atoms with Gasteiger partial charge in [0.05, 0.1) is 10.6 Å². The average Bonchev–Trinajstić information content (AvgIpc) is 2.56. The zero-order chi connectivity index (χ0) is 16.1. The van der Waals surface area contributed by atoms with Crippen LogP contribution in [-0.4, -0.2) is 10.9 Å². The van der Waals surface area contributed by atoms with E-state index < -0.39 is 0 Å². The normalized spacial score (nSPS) is 10.3. The van der Waals surface area contributed by atoms with Crippen molar-refractivity contribution in [1.29, 1.82) is 0 Å². The first-order valence-corrected chi connectivity index (χ1v) is 8.18. The molecule has 0 fully saturated rings. The monoisotopic (exact) mass is 340 g/mol. The Morgan fingerprint density at radius 2 is 1.65 bits per heavy atom. The van der Waals surface area contributed by atoms with Gasteiger partial charge in [0, 0.05) is 4.90 Å². The Morgan fingerprint density at radius 1 is 0.913 bits per heavy atom. The molecule has 114 valence electrons. The predicted octanol–water partition coefficient (Wildman–Crippen LogP) is 5.14. The molecule has 3 nitrogen and oxygen atoms in total. The van der Waals surface area contributed by atoms with Crippen molar-refractivity contribution in [3.63, 3.8) is 0 Å². The first-order valence-electron chi connectivity index (χ1n) is 6.98. The van der Waals surface area contributed by atoms with Crippen LogP contribution in [0.1, 0.15) is 10.4 Å². The number of amides is 1. The molecule has 0 bridgehead atoms. The van der Waals surface area contributed by atoms with Gasteiger partial charge in [-0.3, -0.25) is 4.79 Å². The van der Waals surface area contributed by atoms with Gasteiger partial charge in [-0.15, -0.1) is 0 Å². The van der Waals surface area contributed by atoms with E-state index in [1.54, 1.807) is 30.3 Å². The molecular weight excluding hydrogens is 328 g/mol. The van der Waals surface area contributed by atoms with Crippen LogP contribution < -0.4 is 5.32 Å². The maximum absolute atomic E-state index is 12.3. The van der Waals surface area contributed by atoms with Crippen LogP contribution in [0.2, 0.25) is 5.02 Å². The van der Waals surface area contributed by atoms with Crippen molar-refractivity contribution in [2.24, 2.45) is 0 Å². The molecule has 0 unspecified atom stereocenters. The fourth-order valence-corrected chi connectivity index (χ4v) is 3.03. The second-order valence-corrected chi connectivity index (χ2v) is 6.21. The zero-order valence-electron chi connectivity index (χ0n) is 12.1. The van der Waals surface area contributed by atoms with Crippen LogP contribution in [0, 0.1) is 0 Å². The number of benzene rings is 2. The van der Waals surface area contributed by atoms with E-state index in [1.807, 2.05) is 42.5 Å². The van der Waals surface area contributed by atoms with Gasteiger partial charge in [0.2, 0.25) is 0 Å². The molecule has 1 aromatic heterocycles. The van der Waals surface area contributed by atoms with Crippen LogP contribution >= 0.6 is 23.4 Å². The van der Waals surface area contributed by atoms with Crippen molar-refractivity contribution >= 4 is 35.1 Å². The van der Waals surface area contributed by atoms with Gasteiger partial charge in [-0.05, 0) is 36.4 Å². The molecule has 23 heavy (non-hydrogen) atoms. The van der Waals surface area contributed by atoms with E-state index in [0.717, 1.165) is 9.92 Å². The number of halogens is 1. The molecule has 0 aliphatic rings. The molecule has 0 radical (unpaired) electrons. The van der Waals surface area contributed by atoms with E-state index >= 15 is 0 Å². The summed E-state index contributed by atoms with van der Waals surface area (Å²) in [5.41, 5.74) is 0.428. The maximum Gasteiger partial charge on any atom is 0.258 e. The van der Waals surface area contributed by atoms with Crippen LogP contribution in [0.5, 0.6) is 0 Å². The Bertz CT molecular complexity index is 824. The standard InChI is InChI=1S/C18H13ClN2OS/c19-15-10-5-4-9-14(15)18(22)21-16-11-6-12-17(20-16)23-13-7-2-1-3-8-13/h1-12H,(H,20,21,22). The third-order valence-corrected chi connectivity index (χ3v) is 4.32. The summed E-state index contributed by atoms with van der Waals surface area (Å²) in [6, 6.07) is 22.4. The van der Waals surface area contributed by atoms with Crippen LogP contribution in [0.4, 0.5) is 5.82 Å². The Hall–Kier alpha value is -2.30. The number of nitrogens with zero attached hydrogens (tertiary/aromatic N) is 1. The molecule has 0 saturated carbocycles. The quantitative estimate of drug-likeness (QED) is 0.715. The van der Waals surface area contributed by atoms with Gasteiger partial charge in [-0.1, -0.05) is 59.8 Å². The van der Waals surface area contributed by atoms with Crippen molar-refractivity contribution in [2.75, 3.05) is 5.32 Å². The van der Waals surface area contributed by atoms with Crippen molar-refractivity contribution < 1.29 is 4.79 Å². The van der Waals surface area contributed by atoms with Gasteiger partial charge in [0.1, 0.15) is 10.8 Å². The van der Waals surface area contributed by atoms with E-state index in [4.69, 9.17) is 11.6 Å². The second kappa shape index (κ2) is 7.31. The van der Waals surface area contributed by atoms with Crippen molar-refractivity contribution in [1.82, 2.24) is 4.98 Å². The molecule has 2 aromatic carbocycles. The Morgan fingerprint density at radius 3 is 2.43 bits per heavy atom. The highest BCUT2D eigenvalue weighted by molar-refractivity contribution is 7.99. The summed E-state index contributed by atoms with van der Waals surface area (Å²) in [5, 5.41) is 4.01. The Kier molecular flexibility index (Phi) is 4.95. The molecule has 1 amide bonds. The summed E-state index contributed by atoms with van der Waals surface area (Å²) in [7, 11) is 0. The van der Waals surface area contributed by atoms with E-state index in [1.165, 1.54) is 11.8 Å². The highest BCUT2D eigenvalue weighted by atomic mass is 35.5. The first kappa shape index (κ1) is 15.6. The lowest BCUT2D eigenvalue weighted by Crippen LogP contribution is -2.13. The van der Waals surface area contributed by atoms with Gasteiger partial charge >= 0.3 is 0 Å². The van der Waals surface area contributed by atoms with Crippen LogP contribution in [0.3, 0.4) is 0 Å². The number of aromatic nitrogens is 1. The third-order valence-electron chi connectivity index (χ3n) is 3.05. The summed E-state index contributed by atoms with van der Waals surface area (Å²) in [5.74, 6) is 0.223. The number of pyridine rings is 1. The molecule has 3 rings (SSSR count). The molecule has 0 aliphatic carbocycles. The lowest BCUT2D eigenvalue weighted by Gasteiger charge is -2.07. The third kappa shape index (κ3) is 4.12. The second-order valence-electron chi connectivity index (χ2n) is 4.71. The first-order chi connectivity index (χ1) is 11.2. The molecule has 1 N–H and O–H groups in total. The molecular formula is C18H13ClN2OS. The summed E-state index contributed by atoms with van der Waals surface area (Å²) < 4.78 is 0. The number of anilines is 1. The van der Waals surface area contributed by atoms with E-state index in [0.29, 0.717) is 16.4 Å². The molecule has 1 heterocycles. The molecule has 0 spiro atoms. The maximum atomic E-state index is 12.3. The average molecular weight is 341 g/mol. The highest BCUT2D eigenvalue weighted by Crippen LogP contribution is 2.26. The number of rotatable bonds is 4. The number of carbonyl (C=O) groups is 1. The molecule has 0 aliphatic heterocycles. The van der Waals surface area contributed by atoms with Crippen molar-refractivity contribution in [2.45, 2.75) is 9.92 Å². The fourth-order valence-electron chi connectivity index (χ4n) is 1.98. The summed E-state index contributed by atoms with van der Waals surface area (Å²) in [6.45, 7) is 0. The van der Waals surface area contributed by atoms with Crippen molar-refractivity contribution in [3.8, 4) is 0 Å². The topological polar surface area (TPSA) is 42.0 Å². The number of nitrogens with one attached hydrogen (secondary N) is 1. The minimum atomic E-state index is -0.273. The Labute approximate surface area is 143 Å². The molecule has 3 aromatic rings. The lowest BCUT2D eigenvalue weighted by molar-refractivity contribution is 0.102. The van der Waals surface area contributed by atoms with E-state index in [-0.39, 0.29) is 5.91 Å². The van der Waals surface area contributed by atoms with Gasteiger partial charge in [0.25, 0.3) is 5.91 Å². The SMILES string of the molecule is O=C(Nc1cccc(Sc2ccccc2)n1)c1ccccc1Cl. The van der Waals surface area contributed by atoms with Gasteiger partial charge in [0.15, 0.2) is 0 Å². The highest BCUT2D eigenvalue weighted by Gasteiger charge is 2.10. The molecule has 0 saturated heterocycles. The minimum absolute atomic E-state index is 0.273. The number of hydrogen-bond acceptors (Lipinski definition) is 3. The lowest BCUT2D eigenvalue weighted by atomic mass is 10.2. The summed E-state index contributed by atoms with van der Waals surface area (Å²) >= 11 is 7.58. The smallest absolute Gasteiger partial charge is 0.258 e. The molecule has 5 heteroatoms. The van der Waals surface area contributed by atoms with E-state index in [2.05, 4.69) is 10.3 Å². The Balaban J connectivity index is 1.75.